The summed E-state index contributed by atoms with van der Waals surface area (Å²) in [6, 6.07) is 9.02. The lowest BCUT2D eigenvalue weighted by atomic mass is 9.74. The fraction of sp³-hybridized carbons (Fsp3) is 0.211. The van der Waals surface area contributed by atoms with E-state index in [0.29, 0.717) is 12.0 Å². The second-order valence-electron chi connectivity index (χ2n) is 6.21. The summed E-state index contributed by atoms with van der Waals surface area (Å²) in [5.74, 6) is -1.49. The Morgan fingerprint density at radius 1 is 1.09 bits per heavy atom. The van der Waals surface area contributed by atoms with Gasteiger partial charge in [-0.3, -0.25) is 9.59 Å². The van der Waals surface area contributed by atoms with E-state index in [1.54, 1.807) is 12.1 Å². The number of rotatable bonds is 1. The van der Waals surface area contributed by atoms with Gasteiger partial charge in [0.25, 0.3) is 0 Å². The lowest BCUT2D eigenvalue weighted by molar-refractivity contribution is -0.136. The van der Waals surface area contributed by atoms with Crippen molar-refractivity contribution < 1.29 is 19.5 Å². The zero-order valence-corrected chi connectivity index (χ0v) is 12.3. The third kappa shape index (κ3) is 2.18. The summed E-state index contributed by atoms with van der Waals surface area (Å²) in [7, 11) is 0. The molecule has 23 heavy (non-hydrogen) atoms. The summed E-state index contributed by atoms with van der Waals surface area (Å²) in [6.45, 7) is 0. The first-order valence-corrected chi connectivity index (χ1v) is 7.62. The van der Waals surface area contributed by atoms with Crippen molar-refractivity contribution in [2.45, 2.75) is 19.3 Å². The molecule has 2 aromatic rings. The zero-order valence-electron chi connectivity index (χ0n) is 12.3. The summed E-state index contributed by atoms with van der Waals surface area (Å²) in [5.41, 5.74) is 2.91. The van der Waals surface area contributed by atoms with Gasteiger partial charge < -0.3 is 5.11 Å². The van der Waals surface area contributed by atoms with Crippen LogP contribution in [-0.4, -0.2) is 22.6 Å². The number of carboxylic acid groups (broad SMARTS) is 1. The monoisotopic (exact) mass is 306 g/mol. The van der Waals surface area contributed by atoms with Gasteiger partial charge in [-0.25, -0.2) is 4.79 Å². The summed E-state index contributed by atoms with van der Waals surface area (Å²) in [4.78, 5) is 34.8. The van der Waals surface area contributed by atoms with Crippen molar-refractivity contribution in [3.8, 4) is 0 Å². The zero-order chi connectivity index (χ0) is 16.1. The Hall–Kier alpha value is -2.75. The Balaban J connectivity index is 1.87. The molecule has 0 amide bonds. The Morgan fingerprint density at radius 3 is 2.70 bits per heavy atom. The summed E-state index contributed by atoms with van der Waals surface area (Å²) in [6.07, 6.45) is 3.64. The Kier molecular flexibility index (Phi) is 2.94. The van der Waals surface area contributed by atoms with Gasteiger partial charge >= 0.3 is 5.97 Å². The van der Waals surface area contributed by atoms with E-state index >= 15 is 0 Å². The average molecular weight is 306 g/mol. The molecule has 1 fully saturated rings. The Bertz CT molecular complexity index is 920. The second-order valence-corrected chi connectivity index (χ2v) is 6.21. The summed E-state index contributed by atoms with van der Waals surface area (Å²) < 4.78 is 0. The van der Waals surface area contributed by atoms with Crippen LogP contribution in [0, 0.1) is 5.92 Å². The minimum absolute atomic E-state index is 0.128. The van der Waals surface area contributed by atoms with Gasteiger partial charge in [0.2, 0.25) is 11.6 Å². The molecule has 4 rings (SSSR count). The molecule has 0 bridgehead atoms. The number of aromatic carboxylic acids is 1. The normalized spacial score (nSPS) is 20.0. The van der Waals surface area contributed by atoms with E-state index in [0.717, 1.165) is 34.7 Å². The van der Waals surface area contributed by atoms with Crippen molar-refractivity contribution in [2.24, 2.45) is 5.92 Å². The SMILES string of the molecule is O=C1CCC2Cc3cc4ccc(C(=O)O)cc4cc3C=C2C1=O. The van der Waals surface area contributed by atoms with Gasteiger partial charge in [0, 0.05) is 12.0 Å². The third-order valence-electron chi connectivity index (χ3n) is 4.80. The van der Waals surface area contributed by atoms with Crippen LogP contribution in [0.15, 0.2) is 35.9 Å². The van der Waals surface area contributed by atoms with Gasteiger partial charge in [0.1, 0.15) is 0 Å². The topological polar surface area (TPSA) is 71.4 Å². The Labute approximate surface area is 132 Å². The lowest BCUT2D eigenvalue weighted by Crippen LogP contribution is -2.30. The summed E-state index contributed by atoms with van der Waals surface area (Å²) in [5, 5.41) is 10.9. The van der Waals surface area contributed by atoms with Crippen LogP contribution in [0.3, 0.4) is 0 Å². The third-order valence-corrected chi connectivity index (χ3v) is 4.80. The van der Waals surface area contributed by atoms with Crippen molar-refractivity contribution in [3.05, 3.63) is 52.6 Å². The van der Waals surface area contributed by atoms with Gasteiger partial charge in [-0.2, -0.15) is 0 Å². The van der Waals surface area contributed by atoms with Crippen LogP contribution in [-0.2, 0) is 16.0 Å². The molecule has 1 unspecified atom stereocenters. The quantitative estimate of drug-likeness (QED) is 0.822. The van der Waals surface area contributed by atoms with Gasteiger partial charge in [0.05, 0.1) is 5.56 Å². The molecule has 4 nitrogen and oxygen atoms in total. The first-order chi connectivity index (χ1) is 11.0. The molecule has 1 saturated carbocycles. The van der Waals surface area contributed by atoms with Crippen molar-refractivity contribution in [2.75, 3.05) is 0 Å². The van der Waals surface area contributed by atoms with Crippen LogP contribution in [0.4, 0.5) is 0 Å². The molecular formula is C19H14O4. The van der Waals surface area contributed by atoms with E-state index in [2.05, 4.69) is 6.07 Å². The number of hydrogen-bond donors (Lipinski definition) is 1. The maximum absolute atomic E-state index is 12.1. The molecular weight excluding hydrogens is 292 g/mol. The van der Waals surface area contributed by atoms with E-state index in [-0.39, 0.29) is 23.0 Å². The van der Waals surface area contributed by atoms with Crippen molar-refractivity contribution in [1.82, 2.24) is 0 Å². The second kappa shape index (κ2) is 4.88. The highest BCUT2D eigenvalue weighted by Gasteiger charge is 2.34. The molecule has 114 valence electrons. The van der Waals surface area contributed by atoms with E-state index in [1.807, 2.05) is 18.2 Å². The number of Topliss-reactive ketones (excluding diaryl/α,β-unsaturated/α-hetero) is 2. The number of carbonyl (C=O) groups excluding carboxylic acids is 2. The standard InChI is InChI=1S/C19H14O4/c20-17-4-3-11-6-14-5-10-1-2-12(19(22)23)7-13(10)8-15(14)9-16(11)18(17)21/h1-2,5,7-9,11H,3-4,6H2,(H,22,23). The molecule has 2 aliphatic rings. The largest absolute Gasteiger partial charge is 0.478 e. The van der Waals surface area contributed by atoms with Gasteiger partial charge in [0.15, 0.2) is 0 Å². The van der Waals surface area contributed by atoms with Crippen LogP contribution >= 0.6 is 0 Å². The van der Waals surface area contributed by atoms with Gasteiger partial charge in [-0.1, -0.05) is 12.1 Å². The van der Waals surface area contributed by atoms with Gasteiger partial charge in [-0.05, 0) is 64.9 Å². The molecule has 2 aromatic carbocycles. The summed E-state index contributed by atoms with van der Waals surface area (Å²) >= 11 is 0. The molecule has 1 atom stereocenters. The van der Waals surface area contributed by atoms with Crippen molar-refractivity contribution >= 4 is 34.4 Å². The van der Waals surface area contributed by atoms with E-state index in [1.165, 1.54) is 0 Å². The highest BCUT2D eigenvalue weighted by atomic mass is 16.4. The molecule has 0 radical (unpaired) electrons. The molecule has 0 heterocycles. The predicted octanol–water partition coefficient (Wildman–Crippen LogP) is 3.03. The van der Waals surface area contributed by atoms with Crippen molar-refractivity contribution in [1.29, 1.82) is 0 Å². The van der Waals surface area contributed by atoms with E-state index in [9.17, 15) is 14.4 Å². The molecule has 2 aliphatic carbocycles. The molecule has 4 heteroatoms. The maximum atomic E-state index is 12.1. The lowest BCUT2D eigenvalue weighted by Gasteiger charge is -2.28. The average Bonchev–Trinajstić information content (AvgIpc) is 2.54. The molecule has 1 N–H and O–H groups in total. The fourth-order valence-corrected chi connectivity index (χ4v) is 3.56. The van der Waals surface area contributed by atoms with Crippen molar-refractivity contribution in [3.63, 3.8) is 0 Å². The van der Waals surface area contributed by atoms with Crippen LogP contribution < -0.4 is 0 Å². The first kappa shape index (κ1) is 13.9. The number of fused-ring (bicyclic) bond motifs is 3. The van der Waals surface area contributed by atoms with E-state index in [4.69, 9.17) is 5.11 Å². The number of ketones is 2. The van der Waals surface area contributed by atoms with Crippen LogP contribution in [0.5, 0.6) is 0 Å². The Morgan fingerprint density at radius 2 is 1.91 bits per heavy atom. The first-order valence-electron chi connectivity index (χ1n) is 7.62. The van der Waals surface area contributed by atoms with Gasteiger partial charge in [-0.15, -0.1) is 0 Å². The molecule has 0 aliphatic heterocycles. The minimum Gasteiger partial charge on any atom is -0.478 e. The fourth-order valence-electron chi connectivity index (χ4n) is 3.56. The van der Waals surface area contributed by atoms with Crippen LogP contribution in [0.1, 0.15) is 34.3 Å². The predicted molar refractivity (Wildman–Crippen MR) is 85.3 cm³/mol. The van der Waals surface area contributed by atoms with Crippen LogP contribution in [0.2, 0.25) is 0 Å². The molecule has 0 aromatic heterocycles. The number of benzene rings is 2. The smallest absolute Gasteiger partial charge is 0.335 e. The van der Waals surface area contributed by atoms with Crippen LogP contribution in [0.25, 0.3) is 16.8 Å². The molecule has 0 spiro atoms. The molecule has 0 saturated heterocycles. The number of carbonyl (C=O) groups is 3. The highest BCUT2D eigenvalue weighted by molar-refractivity contribution is 6.45. The number of hydrogen-bond acceptors (Lipinski definition) is 3. The number of carboxylic acids is 1. The van der Waals surface area contributed by atoms with E-state index < -0.39 is 5.97 Å². The minimum atomic E-state index is -0.962. The highest BCUT2D eigenvalue weighted by Crippen LogP contribution is 2.37. The maximum Gasteiger partial charge on any atom is 0.335 e. The number of allylic oxidation sites excluding steroid dienone is 1.